The summed E-state index contributed by atoms with van der Waals surface area (Å²) in [6.45, 7) is 0. The molecule has 0 aliphatic heterocycles. The van der Waals surface area contributed by atoms with Crippen LogP contribution in [0.25, 0.3) is 145 Å². The molecule has 0 bridgehead atoms. The van der Waals surface area contributed by atoms with Crippen LogP contribution < -0.4 is 0 Å². The number of nitrogens with zero attached hydrogens (tertiary/aromatic N) is 4. The van der Waals surface area contributed by atoms with E-state index in [9.17, 15) is 0 Å². The van der Waals surface area contributed by atoms with Crippen molar-refractivity contribution in [3.63, 3.8) is 0 Å². The zero-order chi connectivity index (χ0) is 49.0. The molecular weight excluding hydrogens is 905 g/mol. The Labute approximate surface area is 426 Å². The summed E-state index contributed by atoms with van der Waals surface area (Å²) in [5, 5.41) is 4.38. The topological polar surface area (TPSA) is 77.8 Å². The molecule has 0 saturated heterocycles. The zero-order valence-electron chi connectivity index (χ0n) is 39.9. The standard InChI is InChI=1S/C68H42N4O2/c1-4-13-46(14-5-1)58-41-59(70-67(69-58)50-15-6-2-7-16-50)47-29-23-43(24-30-47)52-36-38-63-57(39-52)55-37-35-53(40-65(55)74-63)44-25-31-48(32-26-44)60-42-61(72-68(71-60)51-17-8-3-9-18-51)49-33-27-45(28-34-49)54-20-12-22-64-66(54)56-19-10-11-21-62(56)73-64/h1-42H. The maximum absolute atomic E-state index is 6.51. The second kappa shape index (κ2) is 18.0. The van der Waals surface area contributed by atoms with Gasteiger partial charge in [0.05, 0.1) is 22.8 Å². The van der Waals surface area contributed by atoms with Gasteiger partial charge in [-0.25, -0.2) is 19.9 Å². The van der Waals surface area contributed by atoms with Crippen LogP contribution in [-0.2, 0) is 0 Å². The Balaban J connectivity index is 0.744. The third-order valence-corrected chi connectivity index (χ3v) is 14.0. The van der Waals surface area contributed by atoms with Gasteiger partial charge in [-0.15, -0.1) is 0 Å². The first kappa shape index (κ1) is 42.8. The van der Waals surface area contributed by atoms with Crippen molar-refractivity contribution in [1.29, 1.82) is 0 Å². The van der Waals surface area contributed by atoms with E-state index in [1.807, 2.05) is 72.8 Å². The Morgan fingerprint density at radius 2 is 0.622 bits per heavy atom. The van der Waals surface area contributed by atoms with E-state index >= 15 is 0 Å². The van der Waals surface area contributed by atoms with Gasteiger partial charge in [0, 0.05) is 54.9 Å². The highest BCUT2D eigenvalue weighted by Gasteiger charge is 2.17. The van der Waals surface area contributed by atoms with Crippen LogP contribution in [0.4, 0.5) is 0 Å². The van der Waals surface area contributed by atoms with E-state index in [1.54, 1.807) is 0 Å². The lowest BCUT2D eigenvalue weighted by Crippen LogP contribution is -1.96. The minimum absolute atomic E-state index is 0.675. The van der Waals surface area contributed by atoms with Gasteiger partial charge in [-0.2, -0.15) is 0 Å². The Morgan fingerprint density at radius 3 is 1.19 bits per heavy atom. The maximum Gasteiger partial charge on any atom is 0.160 e. The molecule has 346 valence electrons. The lowest BCUT2D eigenvalue weighted by Gasteiger charge is -2.11. The van der Waals surface area contributed by atoms with Gasteiger partial charge >= 0.3 is 0 Å². The van der Waals surface area contributed by atoms with Crippen molar-refractivity contribution in [2.75, 3.05) is 0 Å². The molecule has 0 amide bonds. The molecule has 0 radical (unpaired) electrons. The average molecular weight is 947 g/mol. The first-order valence-electron chi connectivity index (χ1n) is 24.8. The molecule has 4 heterocycles. The first-order chi connectivity index (χ1) is 36.6. The number of para-hydroxylation sites is 1. The number of furan rings is 2. The van der Waals surface area contributed by atoms with Crippen molar-refractivity contribution in [3.8, 4) is 101 Å². The molecule has 6 heteroatoms. The number of benzene rings is 10. The van der Waals surface area contributed by atoms with Gasteiger partial charge in [0.1, 0.15) is 22.3 Å². The molecule has 0 fully saturated rings. The van der Waals surface area contributed by atoms with Crippen LogP contribution in [-0.4, -0.2) is 19.9 Å². The van der Waals surface area contributed by atoms with E-state index < -0.39 is 0 Å². The quantitative estimate of drug-likeness (QED) is 0.143. The molecule has 0 atom stereocenters. The molecule has 6 nitrogen and oxygen atoms in total. The lowest BCUT2D eigenvalue weighted by atomic mass is 9.97. The Kier molecular flexibility index (Phi) is 10.4. The number of fused-ring (bicyclic) bond motifs is 6. The summed E-state index contributed by atoms with van der Waals surface area (Å²) in [6, 6.07) is 88.0. The maximum atomic E-state index is 6.51. The molecule has 14 aromatic rings. The van der Waals surface area contributed by atoms with Crippen molar-refractivity contribution >= 4 is 43.9 Å². The van der Waals surface area contributed by atoms with Crippen molar-refractivity contribution in [3.05, 3.63) is 255 Å². The summed E-state index contributed by atoms with van der Waals surface area (Å²) in [4.78, 5) is 20.2. The summed E-state index contributed by atoms with van der Waals surface area (Å²) in [7, 11) is 0. The van der Waals surface area contributed by atoms with Crippen molar-refractivity contribution in [1.82, 2.24) is 19.9 Å². The highest BCUT2D eigenvalue weighted by Crippen LogP contribution is 2.39. The van der Waals surface area contributed by atoms with Gasteiger partial charge in [-0.05, 0) is 81.9 Å². The molecule has 4 aromatic heterocycles. The van der Waals surface area contributed by atoms with E-state index in [-0.39, 0.29) is 0 Å². The predicted octanol–water partition coefficient (Wildman–Crippen LogP) is 18.1. The van der Waals surface area contributed by atoms with Gasteiger partial charge < -0.3 is 8.83 Å². The fourth-order valence-electron chi connectivity index (χ4n) is 10.2. The normalized spacial score (nSPS) is 11.5. The van der Waals surface area contributed by atoms with Crippen LogP contribution in [0.2, 0.25) is 0 Å². The Hall–Kier alpha value is -10.0. The second-order valence-electron chi connectivity index (χ2n) is 18.6. The van der Waals surface area contributed by atoms with Crippen LogP contribution in [0.5, 0.6) is 0 Å². The molecule has 0 saturated carbocycles. The molecule has 0 aliphatic rings. The van der Waals surface area contributed by atoms with Crippen LogP contribution in [0, 0.1) is 0 Å². The third kappa shape index (κ3) is 7.88. The molecule has 0 spiro atoms. The molecule has 74 heavy (non-hydrogen) atoms. The van der Waals surface area contributed by atoms with Gasteiger partial charge in [-0.1, -0.05) is 206 Å². The monoisotopic (exact) mass is 946 g/mol. The minimum Gasteiger partial charge on any atom is -0.456 e. The van der Waals surface area contributed by atoms with Gasteiger partial charge in [0.2, 0.25) is 0 Å². The van der Waals surface area contributed by atoms with E-state index in [0.29, 0.717) is 11.6 Å². The number of aromatic nitrogens is 4. The van der Waals surface area contributed by atoms with Gasteiger partial charge in [-0.3, -0.25) is 0 Å². The summed E-state index contributed by atoms with van der Waals surface area (Å²) in [5.74, 6) is 1.38. The van der Waals surface area contributed by atoms with Crippen LogP contribution >= 0.6 is 0 Å². The Morgan fingerprint density at radius 1 is 0.216 bits per heavy atom. The van der Waals surface area contributed by atoms with Crippen LogP contribution in [0.3, 0.4) is 0 Å². The summed E-state index contributed by atoms with van der Waals surface area (Å²) < 4.78 is 12.7. The minimum atomic E-state index is 0.675. The highest BCUT2D eigenvalue weighted by molar-refractivity contribution is 6.12. The predicted molar refractivity (Wildman–Crippen MR) is 301 cm³/mol. The second-order valence-corrected chi connectivity index (χ2v) is 18.6. The Bertz CT molecular complexity index is 4320. The van der Waals surface area contributed by atoms with Crippen molar-refractivity contribution < 1.29 is 8.83 Å². The third-order valence-electron chi connectivity index (χ3n) is 14.0. The highest BCUT2D eigenvalue weighted by atomic mass is 16.3. The fraction of sp³-hybridized carbons (Fsp3) is 0. The summed E-state index contributed by atoms with van der Waals surface area (Å²) in [5.41, 5.74) is 19.6. The molecule has 0 unspecified atom stereocenters. The molecular formula is C68H42N4O2. The first-order valence-corrected chi connectivity index (χ1v) is 24.8. The number of hydrogen-bond donors (Lipinski definition) is 0. The molecule has 10 aromatic carbocycles. The zero-order valence-corrected chi connectivity index (χ0v) is 39.9. The van der Waals surface area contributed by atoms with Gasteiger partial charge in [0.25, 0.3) is 0 Å². The van der Waals surface area contributed by atoms with E-state index in [1.165, 1.54) is 0 Å². The van der Waals surface area contributed by atoms with Crippen LogP contribution in [0.15, 0.2) is 264 Å². The van der Waals surface area contributed by atoms with Crippen molar-refractivity contribution in [2.24, 2.45) is 0 Å². The smallest absolute Gasteiger partial charge is 0.160 e. The van der Waals surface area contributed by atoms with Gasteiger partial charge in [0.15, 0.2) is 11.6 Å². The number of rotatable bonds is 9. The van der Waals surface area contributed by atoms with Crippen LogP contribution in [0.1, 0.15) is 0 Å². The molecule has 14 rings (SSSR count). The molecule has 0 N–H and O–H groups in total. The average Bonchev–Trinajstić information content (AvgIpc) is 4.07. The van der Waals surface area contributed by atoms with E-state index in [4.69, 9.17) is 28.8 Å². The largest absolute Gasteiger partial charge is 0.456 e. The molecule has 0 aliphatic carbocycles. The van der Waals surface area contributed by atoms with Crippen molar-refractivity contribution in [2.45, 2.75) is 0 Å². The van der Waals surface area contributed by atoms with E-state index in [2.05, 4.69) is 182 Å². The summed E-state index contributed by atoms with van der Waals surface area (Å²) in [6.07, 6.45) is 0. The van der Waals surface area contributed by atoms with E-state index in [0.717, 1.165) is 133 Å². The summed E-state index contributed by atoms with van der Waals surface area (Å²) >= 11 is 0. The lowest BCUT2D eigenvalue weighted by molar-refractivity contribution is 0.668. The SMILES string of the molecule is c1ccc(-c2cc(-c3ccc(-c4ccc5oc6cc(-c7ccc(-c8cc(-c9ccc(-c%10cccc%11oc%12ccccc%12c%10%11)cc9)nc(-c9ccccc9)n8)cc7)ccc6c5c4)cc3)nc(-c3ccccc3)n2)cc1. The fourth-order valence-corrected chi connectivity index (χ4v) is 10.2. The number of hydrogen-bond acceptors (Lipinski definition) is 6.